The summed E-state index contributed by atoms with van der Waals surface area (Å²) in [6, 6.07) is 10.7. The van der Waals surface area contributed by atoms with Gasteiger partial charge in [-0.2, -0.15) is 0 Å². The highest BCUT2D eigenvalue weighted by atomic mass is 16.2. The summed E-state index contributed by atoms with van der Waals surface area (Å²) >= 11 is 0. The Bertz CT molecular complexity index is 876. The van der Waals surface area contributed by atoms with E-state index < -0.39 is 0 Å². The van der Waals surface area contributed by atoms with Crippen molar-refractivity contribution in [2.75, 3.05) is 0 Å². The molecule has 0 spiro atoms. The van der Waals surface area contributed by atoms with Crippen LogP contribution in [0.25, 0.3) is 10.9 Å². The van der Waals surface area contributed by atoms with Crippen molar-refractivity contribution in [3.8, 4) is 0 Å². The van der Waals surface area contributed by atoms with Gasteiger partial charge in [0.1, 0.15) is 5.52 Å². The number of carbonyl (C=O) groups excluding carboxylic acids is 1. The first-order valence-electron chi connectivity index (χ1n) is 7.22. The number of benzene rings is 1. The van der Waals surface area contributed by atoms with Gasteiger partial charge in [0.2, 0.25) is 5.91 Å². The minimum Gasteiger partial charge on any atom is -0.352 e. The second-order valence-electron chi connectivity index (χ2n) is 5.02. The number of hydrogen-bond acceptors (Lipinski definition) is 5. The van der Waals surface area contributed by atoms with Crippen LogP contribution in [0.5, 0.6) is 0 Å². The molecule has 23 heavy (non-hydrogen) atoms. The second kappa shape index (κ2) is 6.78. The maximum absolute atomic E-state index is 12.2. The molecule has 2 heterocycles. The Labute approximate surface area is 132 Å². The van der Waals surface area contributed by atoms with E-state index in [4.69, 9.17) is 0 Å². The largest absolute Gasteiger partial charge is 0.352 e. The van der Waals surface area contributed by atoms with Gasteiger partial charge in [0, 0.05) is 25.4 Å². The van der Waals surface area contributed by atoms with Gasteiger partial charge in [-0.1, -0.05) is 23.4 Å². The van der Waals surface area contributed by atoms with E-state index in [2.05, 4.69) is 20.6 Å². The van der Waals surface area contributed by atoms with E-state index in [1.807, 2.05) is 12.1 Å². The summed E-state index contributed by atoms with van der Waals surface area (Å²) in [5, 5.41) is 11.1. The molecule has 0 aliphatic rings. The molecule has 7 nitrogen and oxygen atoms in total. The predicted molar refractivity (Wildman–Crippen MR) is 84.5 cm³/mol. The Morgan fingerprint density at radius 2 is 2.04 bits per heavy atom. The lowest BCUT2D eigenvalue weighted by molar-refractivity contribution is -0.121. The molecule has 1 aromatic carbocycles. The molecule has 0 saturated carbocycles. The smallest absolute Gasteiger partial charge is 0.277 e. The van der Waals surface area contributed by atoms with Crippen molar-refractivity contribution < 1.29 is 4.79 Å². The average Bonchev–Trinajstić information content (AvgIpc) is 2.60. The highest BCUT2D eigenvalue weighted by molar-refractivity contribution is 5.77. The number of hydrogen-bond donors (Lipinski definition) is 1. The second-order valence-corrected chi connectivity index (χ2v) is 5.02. The molecule has 3 rings (SSSR count). The summed E-state index contributed by atoms with van der Waals surface area (Å²) in [6.45, 7) is 0.598. The number of aryl methyl sites for hydroxylation is 1. The third-order valence-electron chi connectivity index (χ3n) is 3.39. The van der Waals surface area contributed by atoms with Crippen molar-refractivity contribution in [1.29, 1.82) is 0 Å². The van der Waals surface area contributed by atoms with Gasteiger partial charge in [-0.15, -0.1) is 5.10 Å². The molecule has 0 fully saturated rings. The monoisotopic (exact) mass is 309 g/mol. The summed E-state index contributed by atoms with van der Waals surface area (Å²) in [6.07, 6.45) is 3.53. The Morgan fingerprint density at radius 3 is 2.87 bits per heavy atom. The van der Waals surface area contributed by atoms with E-state index >= 15 is 0 Å². The minimum absolute atomic E-state index is 0.157. The Balaban J connectivity index is 1.61. The van der Waals surface area contributed by atoms with Gasteiger partial charge in [0.25, 0.3) is 5.56 Å². The van der Waals surface area contributed by atoms with Crippen LogP contribution >= 0.6 is 0 Å². The summed E-state index contributed by atoms with van der Waals surface area (Å²) < 4.78 is 1.21. The van der Waals surface area contributed by atoms with Gasteiger partial charge in [0.05, 0.1) is 11.9 Å². The highest BCUT2D eigenvalue weighted by Crippen LogP contribution is 2.03. The predicted octanol–water partition coefficient (Wildman–Crippen LogP) is 0.893. The molecule has 116 valence electrons. The average molecular weight is 309 g/mol. The number of nitrogens with zero attached hydrogens (tertiary/aromatic N) is 4. The van der Waals surface area contributed by atoms with E-state index in [-0.39, 0.29) is 24.4 Å². The van der Waals surface area contributed by atoms with E-state index in [0.29, 0.717) is 17.4 Å². The molecule has 0 bridgehead atoms. The first-order chi connectivity index (χ1) is 11.2. The zero-order valence-corrected chi connectivity index (χ0v) is 12.3. The lowest BCUT2D eigenvalue weighted by Crippen LogP contribution is -2.29. The summed E-state index contributed by atoms with van der Waals surface area (Å²) in [4.78, 5) is 28.1. The van der Waals surface area contributed by atoms with E-state index in [9.17, 15) is 9.59 Å². The van der Waals surface area contributed by atoms with Gasteiger partial charge < -0.3 is 5.32 Å². The van der Waals surface area contributed by atoms with Crippen LogP contribution < -0.4 is 10.9 Å². The topological polar surface area (TPSA) is 89.8 Å². The summed E-state index contributed by atoms with van der Waals surface area (Å²) in [5.41, 5.74) is 1.23. The maximum atomic E-state index is 12.2. The van der Waals surface area contributed by atoms with Crippen LogP contribution in [0.2, 0.25) is 0 Å². The molecule has 0 aliphatic heterocycles. The van der Waals surface area contributed by atoms with E-state index in [0.717, 1.165) is 5.56 Å². The number of aromatic nitrogens is 4. The van der Waals surface area contributed by atoms with Crippen LogP contribution in [0.1, 0.15) is 12.0 Å². The van der Waals surface area contributed by atoms with E-state index in [1.54, 1.807) is 36.7 Å². The molecule has 1 amide bonds. The number of fused-ring (bicyclic) bond motifs is 1. The molecule has 3 aromatic rings. The van der Waals surface area contributed by atoms with Gasteiger partial charge in [-0.25, -0.2) is 4.68 Å². The van der Waals surface area contributed by atoms with Gasteiger partial charge >= 0.3 is 0 Å². The Hall–Kier alpha value is -3.09. The van der Waals surface area contributed by atoms with Crippen molar-refractivity contribution >= 4 is 16.8 Å². The fourth-order valence-corrected chi connectivity index (χ4v) is 2.17. The first kappa shape index (κ1) is 14.8. The van der Waals surface area contributed by atoms with Crippen molar-refractivity contribution in [3.63, 3.8) is 0 Å². The molecule has 0 aliphatic carbocycles. The van der Waals surface area contributed by atoms with Crippen LogP contribution in [0.15, 0.2) is 53.6 Å². The van der Waals surface area contributed by atoms with Gasteiger partial charge in [-0.05, 0) is 23.8 Å². The zero-order valence-electron chi connectivity index (χ0n) is 12.3. The third kappa shape index (κ3) is 3.57. The molecular weight excluding hydrogens is 294 g/mol. The molecule has 0 radical (unpaired) electrons. The van der Waals surface area contributed by atoms with Crippen molar-refractivity contribution in [1.82, 2.24) is 25.3 Å². The van der Waals surface area contributed by atoms with Crippen LogP contribution in [0, 0.1) is 0 Å². The number of nitrogens with one attached hydrogen (secondary N) is 1. The molecule has 7 heteroatoms. The molecule has 0 atom stereocenters. The van der Waals surface area contributed by atoms with Crippen molar-refractivity contribution in [2.45, 2.75) is 19.5 Å². The standard InChI is InChI=1S/C16H15N5O2/c22-15(18-11-12-4-3-8-17-10-12)7-9-21-16(23)13-5-1-2-6-14(13)19-20-21/h1-6,8,10H,7,9,11H2,(H,18,22). The SMILES string of the molecule is O=C(CCn1nnc2ccccc2c1=O)NCc1cccnc1. The number of pyridine rings is 1. The molecule has 0 saturated heterocycles. The van der Waals surface area contributed by atoms with Gasteiger partial charge in [-0.3, -0.25) is 14.6 Å². The number of amides is 1. The van der Waals surface area contributed by atoms with Crippen LogP contribution in [-0.2, 0) is 17.9 Å². The van der Waals surface area contributed by atoms with Crippen molar-refractivity contribution in [3.05, 3.63) is 64.7 Å². The number of carbonyl (C=O) groups is 1. The lowest BCUT2D eigenvalue weighted by atomic mass is 10.2. The Morgan fingerprint density at radius 1 is 1.17 bits per heavy atom. The van der Waals surface area contributed by atoms with Crippen LogP contribution in [0.4, 0.5) is 0 Å². The molecule has 1 N–H and O–H groups in total. The maximum Gasteiger partial charge on any atom is 0.277 e. The minimum atomic E-state index is -0.240. The first-order valence-corrected chi connectivity index (χ1v) is 7.22. The summed E-state index contributed by atoms with van der Waals surface area (Å²) in [7, 11) is 0. The number of rotatable bonds is 5. The molecule has 0 unspecified atom stereocenters. The summed E-state index contributed by atoms with van der Waals surface area (Å²) in [5.74, 6) is -0.157. The molecular formula is C16H15N5O2. The van der Waals surface area contributed by atoms with Crippen molar-refractivity contribution in [2.24, 2.45) is 0 Å². The lowest BCUT2D eigenvalue weighted by Gasteiger charge is -2.06. The normalized spacial score (nSPS) is 10.6. The van der Waals surface area contributed by atoms with Gasteiger partial charge in [0.15, 0.2) is 0 Å². The highest BCUT2D eigenvalue weighted by Gasteiger charge is 2.07. The Kier molecular flexibility index (Phi) is 4.37. The van der Waals surface area contributed by atoms with Crippen LogP contribution in [-0.4, -0.2) is 25.9 Å². The quantitative estimate of drug-likeness (QED) is 0.756. The fourth-order valence-electron chi connectivity index (χ4n) is 2.17. The fraction of sp³-hybridized carbons (Fsp3) is 0.188. The van der Waals surface area contributed by atoms with E-state index in [1.165, 1.54) is 4.68 Å². The zero-order chi connectivity index (χ0) is 16.1. The van der Waals surface area contributed by atoms with Crippen LogP contribution in [0.3, 0.4) is 0 Å². The third-order valence-corrected chi connectivity index (χ3v) is 3.39. The molecule has 2 aromatic heterocycles.